The van der Waals surface area contributed by atoms with Gasteiger partial charge in [0, 0.05) is 4.47 Å². The number of carboxylic acids is 1. The SMILES string of the molecule is O=C(O)CC(NC(=O)OCc1ccccc1)c1cccc(Br)c1. The van der Waals surface area contributed by atoms with Crippen LogP contribution in [0.3, 0.4) is 0 Å². The van der Waals surface area contributed by atoms with Gasteiger partial charge in [0.1, 0.15) is 6.61 Å². The van der Waals surface area contributed by atoms with E-state index in [1.54, 1.807) is 18.2 Å². The molecule has 1 amide bonds. The highest BCUT2D eigenvalue weighted by Gasteiger charge is 2.19. The number of carbonyl (C=O) groups is 2. The van der Waals surface area contributed by atoms with E-state index in [0.29, 0.717) is 5.56 Å². The minimum absolute atomic E-state index is 0.130. The van der Waals surface area contributed by atoms with Crippen molar-refractivity contribution < 1.29 is 19.4 Å². The van der Waals surface area contributed by atoms with Crippen molar-refractivity contribution in [3.63, 3.8) is 0 Å². The van der Waals surface area contributed by atoms with E-state index in [1.165, 1.54) is 0 Å². The van der Waals surface area contributed by atoms with E-state index in [4.69, 9.17) is 9.84 Å². The van der Waals surface area contributed by atoms with Crippen LogP contribution in [0.1, 0.15) is 23.6 Å². The maximum absolute atomic E-state index is 11.9. The largest absolute Gasteiger partial charge is 0.481 e. The molecule has 2 rings (SSSR count). The second-order valence-electron chi connectivity index (χ2n) is 4.91. The van der Waals surface area contributed by atoms with Crippen molar-refractivity contribution in [1.82, 2.24) is 5.32 Å². The minimum atomic E-state index is -1.00. The van der Waals surface area contributed by atoms with Gasteiger partial charge in [-0.2, -0.15) is 0 Å². The normalized spacial score (nSPS) is 11.5. The number of hydrogen-bond donors (Lipinski definition) is 2. The maximum Gasteiger partial charge on any atom is 0.407 e. The highest BCUT2D eigenvalue weighted by atomic mass is 79.9. The Labute approximate surface area is 142 Å². The van der Waals surface area contributed by atoms with Crippen molar-refractivity contribution >= 4 is 28.0 Å². The number of aliphatic carboxylic acids is 1. The molecule has 0 aromatic heterocycles. The number of hydrogen-bond acceptors (Lipinski definition) is 3. The van der Waals surface area contributed by atoms with Crippen molar-refractivity contribution in [2.45, 2.75) is 19.1 Å². The fourth-order valence-electron chi connectivity index (χ4n) is 2.06. The summed E-state index contributed by atoms with van der Waals surface area (Å²) in [6.45, 7) is 0.130. The van der Waals surface area contributed by atoms with Crippen LogP contribution in [0.25, 0.3) is 0 Å². The van der Waals surface area contributed by atoms with Crippen molar-refractivity contribution in [1.29, 1.82) is 0 Å². The highest BCUT2D eigenvalue weighted by molar-refractivity contribution is 9.10. The lowest BCUT2D eigenvalue weighted by Crippen LogP contribution is -2.30. The van der Waals surface area contributed by atoms with E-state index in [1.807, 2.05) is 36.4 Å². The number of carbonyl (C=O) groups excluding carboxylic acids is 1. The highest BCUT2D eigenvalue weighted by Crippen LogP contribution is 2.21. The van der Waals surface area contributed by atoms with Gasteiger partial charge < -0.3 is 15.2 Å². The summed E-state index contributed by atoms with van der Waals surface area (Å²) in [5, 5.41) is 11.6. The van der Waals surface area contributed by atoms with Crippen LogP contribution in [0.4, 0.5) is 4.79 Å². The monoisotopic (exact) mass is 377 g/mol. The molecule has 0 fully saturated rings. The zero-order valence-electron chi connectivity index (χ0n) is 12.2. The number of nitrogens with one attached hydrogen (secondary N) is 1. The molecule has 0 bridgehead atoms. The van der Waals surface area contributed by atoms with Crippen LogP contribution >= 0.6 is 15.9 Å². The molecule has 0 heterocycles. The fourth-order valence-corrected chi connectivity index (χ4v) is 2.47. The summed E-state index contributed by atoms with van der Waals surface area (Å²) in [6, 6.07) is 15.7. The number of ether oxygens (including phenoxy) is 1. The van der Waals surface area contributed by atoms with Gasteiger partial charge in [0.2, 0.25) is 0 Å². The van der Waals surface area contributed by atoms with Gasteiger partial charge in [-0.3, -0.25) is 4.79 Å². The summed E-state index contributed by atoms with van der Waals surface area (Å²) >= 11 is 3.33. The molecular weight excluding hydrogens is 362 g/mol. The Kier molecular flexibility index (Phi) is 6.17. The third-order valence-electron chi connectivity index (χ3n) is 3.13. The molecule has 5 nitrogen and oxygen atoms in total. The molecule has 0 aliphatic rings. The lowest BCUT2D eigenvalue weighted by atomic mass is 10.0. The van der Waals surface area contributed by atoms with Gasteiger partial charge in [0.25, 0.3) is 0 Å². The lowest BCUT2D eigenvalue weighted by Gasteiger charge is -2.17. The van der Waals surface area contributed by atoms with E-state index < -0.39 is 18.1 Å². The molecule has 0 aliphatic heterocycles. The van der Waals surface area contributed by atoms with Gasteiger partial charge >= 0.3 is 12.1 Å². The van der Waals surface area contributed by atoms with E-state index in [9.17, 15) is 9.59 Å². The molecule has 0 radical (unpaired) electrons. The third-order valence-corrected chi connectivity index (χ3v) is 3.63. The fraction of sp³-hybridized carbons (Fsp3) is 0.176. The van der Waals surface area contributed by atoms with Crippen molar-refractivity contribution in [2.24, 2.45) is 0 Å². The Balaban J connectivity index is 1.99. The zero-order valence-corrected chi connectivity index (χ0v) is 13.8. The topological polar surface area (TPSA) is 75.6 Å². The summed E-state index contributed by atoms with van der Waals surface area (Å²) in [5.41, 5.74) is 1.55. The Hall–Kier alpha value is -2.34. The Morgan fingerprint density at radius 3 is 2.52 bits per heavy atom. The van der Waals surface area contributed by atoms with Crippen LogP contribution in [0, 0.1) is 0 Å². The average molecular weight is 378 g/mol. The molecule has 1 atom stereocenters. The summed E-state index contributed by atoms with van der Waals surface area (Å²) in [6.07, 6.45) is -0.878. The standard InChI is InChI=1S/C17H16BrNO4/c18-14-8-4-7-13(9-14)15(10-16(20)21)19-17(22)23-11-12-5-2-1-3-6-12/h1-9,15H,10-11H2,(H,19,22)(H,20,21). The number of carboxylic acid groups (broad SMARTS) is 1. The smallest absolute Gasteiger partial charge is 0.407 e. The number of rotatable bonds is 6. The van der Waals surface area contributed by atoms with E-state index >= 15 is 0 Å². The predicted molar refractivity (Wildman–Crippen MR) is 88.9 cm³/mol. The van der Waals surface area contributed by atoms with Crippen LogP contribution in [0.5, 0.6) is 0 Å². The first-order valence-electron chi connectivity index (χ1n) is 6.99. The molecule has 2 N–H and O–H groups in total. The molecule has 2 aromatic carbocycles. The Bertz CT molecular complexity index is 675. The molecule has 0 saturated carbocycles. The quantitative estimate of drug-likeness (QED) is 0.800. The molecular formula is C17H16BrNO4. The molecule has 2 aromatic rings. The van der Waals surface area contributed by atoms with E-state index in [2.05, 4.69) is 21.2 Å². The Morgan fingerprint density at radius 2 is 1.87 bits per heavy atom. The van der Waals surface area contributed by atoms with E-state index in [-0.39, 0.29) is 13.0 Å². The molecule has 120 valence electrons. The van der Waals surface area contributed by atoms with Crippen LogP contribution < -0.4 is 5.32 Å². The van der Waals surface area contributed by atoms with Gasteiger partial charge in [0.15, 0.2) is 0 Å². The molecule has 0 saturated heterocycles. The summed E-state index contributed by atoms with van der Waals surface area (Å²) in [5.74, 6) is -1.00. The lowest BCUT2D eigenvalue weighted by molar-refractivity contribution is -0.137. The van der Waals surface area contributed by atoms with Gasteiger partial charge in [-0.15, -0.1) is 0 Å². The third kappa shape index (κ3) is 5.75. The zero-order chi connectivity index (χ0) is 16.7. The summed E-state index contributed by atoms with van der Waals surface area (Å²) < 4.78 is 5.95. The molecule has 0 aliphatic carbocycles. The van der Waals surface area contributed by atoms with Crippen LogP contribution in [-0.2, 0) is 16.1 Å². The predicted octanol–water partition coefficient (Wildman–Crippen LogP) is 3.89. The average Bonchev–Trinajstić information content (AvgIpc) is 2.53. The number of alkyl carbamates (subject to hydrolysis) is 1. The first-order valence-corrected chi connectivity index (χ1v) is 7.78. The first-order chi connectivity index (χ1) is 11.0. The van der Waals surface area contributed by atoms with Gasteiger partial charge in [-0.1, -0.05) is 58.4 Å². The van der Waals surface area contributed by atoms with Crippen molar-refractivity contribution in [3.05, 3.63) is 70.2 Å². The first kappa shape index (κ1) is 17.0. The summed E-state index contributed by atoms with van der Waals surface area (Å²) in [4.78, 5) is 23.0. The van der Waals surface area contributed by atoms with Crippen LogP contribution in [-0.4, -0.2) is 17.2 Å². The van der Waals surface area contributed by atoms with Gasteiger partial charge in [-0.05, 0) is 23.3 Å². The second-order valence-corrected chi connectivity index (χ2v) is 5.83. The van der Waals surface area contributed by atoms with Gasteiger partial charge in [0.05, 0.1) is 12.5 Å². The van der Waals surface area contributed by atoms with Gasteiger partial charge in [-0.25, -0.2) is 4.79 Å². The van der Waals surface area contributed by atoms with Crippen LogP contribution in [0.15, 0.2) is 59.1 Å². The second kappa shape index (κ2) is 8.33. The molecule has 23 heavy (non-hydrogen) atoms. The maximum atomic E-state index is 11.9. The molecule has 1 unspecified atom stereocenters. The number of amides is 1. The minimum Gasteiger partial charge on any atom is -0.481 e. The van der Waals surface area contributed by atoms with Crippen molar-refractivity contribution in [2.75, 3.05) is 0 Å². The molecule has 6 heteroatoms. The molecule has 0 spiro atoms. The number of halogens is 1. The summed E-state index contributed by atoms with van der Waals surface area (Å²) in [7, 11) is 0. The number of benzene rings is 2. The van der Waals surface area contributed by atoms with E-state index in [0.717, 1.165) is 10.0 Å². The van der Waals surface area contributed by atoms with Crippen molar-refractivity contribution in [3.8, 4) is 0 Å². The Morgan fingerprint density at radius 1 is 1.13 bits per heavy atom. The van der Waals surface area contributed by atoms with Crippen LogP contribution in [0.2, 0.25) is 0 Å².